The minimum Gasteiger partial charge on any atom is -0.350 e. The molecular weight excluding hydrogens is 288 g/mol. The van der Waals surface area contributed by atoms with Crippen molar-refractivity contribution < 1.29 is 13.6 Å². The Balaban J connectivity index is 2.26. The smallest absolute Gasteiger partial charge is 0.270 e. The number of hydrogen-bond donors (Lipinski definition) is 1. The Morgan fingerprint density at radius 2 is 1.95 bits per heavy atom. The van der Waals surface area contributed by atoms with Gasteiger partial charge in [0.2, 0.25) is 5.28 Å². The van der Waals surface area contributed by atoms with Crippen LogP contribution in [0.15, 0.2) is 18.2 Å². The van der Waals surface area contributed by atoms with Crippen LogP contribution in [-0.4, -0.2) is 22.4 Å². The summed E-state index contributed by atoms with van der Waals surface area (Å²) < 4.78 is 26.9. The summed E-state index contributed by atoms with van der Waals surface area (Å²) in [4.78, 5) is 19.6. The standard InChI is InChI=1S/C13H8ClF2N3O/c14-13-18-10(7-2-1-6(15)5-9(7)16)8-3-4-17-12(20)11(8)19-13/h1-2,5H,3-4H2,(H,17,20). The fraction of sp³-hybridized carbons (Fsp3) is 0.154. The largest absolute Gasteiger partial charge is 0.350 e. The van der Waals surface area contributed by atoms with Crippen LogP contribution < -0.4 is 5.32 Å². The zero-order valence-electron chi connectivity index (χ0n) is 10.1. The Labute approximate surface area is 117 Å². The van der Waals surface area contributed by atoms with Crippen molar-refractivity contribution in [3.05, 3.63) is 46.4 Å². The molecule has 102 valence electrons. The van der Waals surface area contributed by atoms with Crippen molar-refractivity contribution in [2.45, 2.75) is 6.42 Å². The molecule has 0 unspecified atom stereocenters. The molecule has 20 heavy (non-hydrogen) atoms. The summed E-state index contributed by atoms with van der Waals surface area (Å²) in [7, 11) is 0. The van der Waals surface area contributed by atoms with Gasteiger partial charge in [0.15, 0.2) is 0 Å². The molecular formula is C13H8ClF2N3O. The first kappa shape index (κ1) is 12.9. The molecule has 1 aromatic carbocycles. The van der Waals surface area contributed by atoms with E-state index in [4.69, 9.17) is 11.6 Å². The number of aromatic nitrogens is 2. The second-order valence-electron chi connectivity index (χ2n) is 4.30. The van der Waals surface area contributed by atoms with E-state index in [9.17, 15) is 13.6 Å². The minimum atomic E-state index is -0.757. The van der Waals surface area contributed by atoms with Gasteiger partial charge in [0, 0.05) is 23.7 Å². The lowest BCUT2D eigenvalue weighted by Gasteiger charge is -2.18. The van der Waals surface area contributed by atoms with Crippen molar-refractivity contribution in [2.75, 3.05) is 6.54 Å². The molecule has 3 rings (SSSR count). The molecule has 0 aliphatic carbocycles. The third-order valence-corrected chi connectivity index (χ3v) is 3.21. The molecule has 2 aromatic rings. The van der Waals surface area contributed by atoms with Crippen molar-refractivity contribution in [1.82, 2.24) is 15.3 Å². The number of carbonyl (C=O) groups excluding carboxylic acids is 1. The highest BCUT2D eigenvalue weighted by Crippen LogP contribution is 2.29. The van der Waals surface area contributed by atoms with Gasteiger partial charge in [-0.1, -0.05) is 0 Å². The molecule has 0 saturated carbocycles. The van der Waals surface area contributed by atoms with Crippen LogP contribution in [0.2, 0.25) is 5.28 Å². The predicted octanol–water partition coefficient (Wildman–Crippen LogP) is 2.36. The molecule has 0 spiro atoms. The highest BCUT2D eigenvalue weighted by Gasteiger charge is 2.25. The fourth-order valence-electron chi connectivity index (χ4n) is 2.17. The maximum Gasteiger partial charge on any atom is 0.270 e. The van der Waals surface area contributed by atoms with Crippen LogP contribution in [0.4, 0.5) is 8.78 Å². The summed E-state index contributed by atoms with van der Waals surface area (Å²) in [5.41, 5.74) is 0.979. The van der Waals surface area contributed by atoms with E-state index >= 15 is 0 Å². The van der Waals surface area contributed by atoms with Crippen molar-refractivity contribution in [3.63, 3.8) is 0 Å². The Morgan fingerprint density at radius 3 is 2.70 bits per heavy atom. The minimum absolute atomic E-state index is 0.0988. The van der Waals surface area contributed by atoms with E-state index in [-0.39, 0.29) is 28.1 Å². The van der Waals surface area contributed by atoms with Crippen molar-refractivity contribution in [3.8, 4) is 11.3 Å². The van der Waals surface area contributed by atoms with Crippen LogP contribution in [0.5, 0.6) is 0 Å². The molecule has 7 heteroatoms. The molecule has 4 nitrogen and oxygen atoms in total. The maximum atomic E-state index is 13.9. The molecule has 0 radical (unpaired) electrons. The Hall–Kier alpha value is -2.08. The quantitative estimate of drug-likeness (QED) is 0.822. The van der Waals surface area contributed by atoms with E-state index in [1.165, 1.54) is 6.07 Å². The molecule has 1 aliphatic heterocycles. The molecule has 0 fully saturated rings. The Bertz CT molecular complexity index is 721. The lowest BCUT2D eigenvalue weighted by molar-refractivity contribution is 0.0940. The second-order valence-corrected chi connectivity index (χ2v) is 4.64. The first-order valence-corrected chi connectivity index (χ1v) is 6.24. The van der Waals surface area contributed by atoms with Gasteiger partial charge in [0.1, 0.15) is 17.3 Å². The number of carbonyl (C=O) groups is 1. The summed E-state index contributed by atoms with van der Waals surface area (Å²) in [6, 6.07) is 3.17. The van der Waals surface area contributed by atoms with E-state index in [2.05, 4.69) is 15.3 Å². The predicted molar refractivity (Wildman–Crippen MR) is 68.4 cm³/mol. The Kier molecular flexibility index (Phi) is 3.10. The number of rotatable bonds is 1. The number of halogens is 3. The van der Waals surface area contributed by atoms with E-state index in [0.717, 1.165) is 12.1 Å². The number of nitrogens with zero attached hydrogens (tertiary/aromatic N) is 2. The van der Waals surface area contributed by atoms with Gasteiger partial charge in [0.05, 0.1) is 5.69 Å². The molecule has 1 aromatic heterocycles. The summed E-state index contributed by atoms with van der Waals surface area (Å²) in [5, 5.41) is 2.47. The average molecular weight is 296 g/mol. The fourth-order valence-corrected chi connectivity index (χ4v) is 2.34. The number of benzene rings is 1. The molecule has 1 N–H and O–H groups in total. The molecule has 0 atom stereocenters. The zero-order valence-corrected chi connectivity index (χ0v) is 10.8. The van der Waals surface area contributed by atoms with E-state index in [1.54, 1.807) is 0 Å². The van der Waals surface area contributed by atoms with Crippen LogP contribution in [-0.2, 0) is 6.42 Å². The maximum absolute atomic E-state index is 13.9. The van der Waals surface area contributed by atoms with Gasteiger partial charge < -0.3 is 5.32 Å². The number of nitrogens with one attached hydrogen (secondary N) is 1. The highest BCUT2D eigenvalue weighted by molar-refractivity contribution is 6.28. The lowest BCUT2D eigenvalue weighted by atomic mass is 9.99. The van der Waals surface area contributed by atoms with Gasteiger partial charge in [-0.3, -0.25) is 4.79 Å². The van der Waals surface area contributed by atoms with Crippen LogP contribution in [0, 0.1) is 11.6 Å². The highest BCUT2D eigenvalue weighted by atomic mass is 35.5. The van der Waals surface area contributed by atoms with Gasteiger partial charge in [0.25, 0.3) is 5.91 Å². The normalized spacial score (nSPS) is 13.8. The van der Waals surface area contributed by atoms with Crippen LogP contribution in [0.1, 0.15) is 16.1 Å². The third-order valence-electron chi connectivity index (χ3n) is 3.04. The van der Waals surface area contributed by atoms with Gasteiger partial charge >= 0.3 is 0 Å². The Morgan fingerprint density at radius 1 is 1.20 bits per heavy atom. The molecule has 0 bridgehead atoms. The first-order valence-electron chi connectivity index (χ1n) is 5.86. The number of fused-ring (bicyclic) bond motifs is 1. The van der Waals surface area contributed by atoms with Crippen molar-refractivity contribution >= 4 is 17.5 Å². The summed E-state index contributed by atoms with van der Waals surface area (Å²) in [5.74, 6) is -1.81. The third kappa shape index (κ3) is 2.12. The summed E-state index contributed by atoms with van der Waals surface area (Å²) in [6.45, 7) is 0.409. The van der Waals surface area contributed by atoms with Crippen LogP contribution in [0.25, 0.3) is 11.3 Å². The summed E-state index contributed by atoms with van der Waals surface area (Å²) >= 11 is 5.78. The van der Waals surface area contributed by atoms with Crippen LogP contribution >= 0.6 is 11.6 Å². The van der Waals surface area contributed by atoms with Crippen LogP contribution in [0.3, 0.4) is 0 Å². The monoisotopic (exact) mass is 295 g/mol. The van der Waals surface area contributed by atoms with E-state index in [0.29, 0.717) is 18.5 Å². The average Bonchev–Trinajstić information content (AvgIpc) is 2.39. The molecule has 0 saturated heterocycles. The van der Waals surface area contributed by atoms with E-state index < -0.39 is 11.6 Å². The number of hydrogen-bond acceptors (Lipinski definition) is 3. The van der Waals surface area contributed by atoms with Crippen molar-refractivity contribution in [2.24, 2.45) is 0 Å². The second kappa shape index (κ2) is 4.79. The topological polar surface area (TPSA) is 54.9 Å². The number of amides is 1. The lowest BCUT2D eigenvalue weighted by Crippen LogP contribution is -2.33. The summed E-state index contributed by atoms with van der Waals surface area (Å²) in [6.07, 6.45) is 0.463. The van der Waals surface area contributed by atoms with E-state index in [1.807, 2.05) is 0 Å². The molecule has 1 amide bonds. The SMILES string of the molecule is O=C1NCCc2c1nc(Cl)nc2-c1ccc(F)cc1F. The zero-order chi connectivity index (χ0) is 14.3. The van der Waals surface area contributed by atoms with Gasteiger partial charge in [-0.2, -0.15) is 0 Å². The van der Waals surface area contributed by atoms with Crippen molar-refractivity contribution in [1.29, 1.82) is 0 Å². The first-order chi connectivity index (χ1) is 9.56. The molecule has 2 heterocycles. The van der Waals surface area contributed by atoms with Gasteiger partial charge in [-0.25, -0.2) is 18.7 Å². The van der Waals surface area contributed by atoms with Gasteiger partial charge in [-0.15, -0.1) is 0 Å². The molecule has 1 aliphatic rings. The van der Waals surface area contributed by atoms with Gasteiger partial charge in [-0.05, 0) is 30.2 Å².